The van der Waals surface area contributed by atoms with Gasteiger partial charge in [0.1, 0.15) is 12.4 Å². The lowest BCUT2D eigenvalue weighted by Crippen LogP contribution is -2.02. The Morgan fingerprint density at radius 1 is 1.42 bits per heavy atom. The third kappa shape index (κ3) is 2.89. The molecule has 0 atom stereocenters. The summed E-state index contributed by atoms with van der Waals surface area (Å²) in [6.45, 7) is -0.0170. The number of furan rings is 1. The third-order valence-corrected chi connectivity index (χ3v) is 2.35. The van der Waals surface area contributed by atoms with Crippen LogP contribution in [0.15, 0.2) is 41.0 Å². The van der Waals surface area contributed by atoms with E-state index in [2.05, 4.69) is 0 Å². The summed E-state index contributed by atoms with van der Waals surface area (Å²) in [5.41, 5.74) is -0.378. The molecule has 1 aromatic carbocycles. The molecule has 0 saturated heterocycles. The Bertz CT molecular complexity index is 605. The molecule has 0 saturated carbocycles. The van der Waals surface area contributed by atoms with Gasteiger partial charge in [-0.1, -0.05) is 0 Å². The highest BCUT2D eigenvalue weighted by Gasteiger charge is 2.18. The van der Waals surface area contributed by atoms with Gasteiger partial charge in [-0.2, -0.15) is 0 Å². The van der Waals surface area contributed by atoms with Crippen molar-refractivity contribution in [3.8, 4) is 5.75 Å². The minimum atomic E-state index is -1.18. The van der Waals surface area contributed by atoms with Gasteiger partial charge in [0.05, 0.1) is 16.7 Å². The fourth-order valence-electron chi connectivity index (χ4n) is 1.46. The summed E-state index contributed by atoms with van der Waals surface area (Å²) in [6.07, 6.45) is 1.45. The molecule has 0 aliphatic heterocycles. The third-order valence-electron chi connectivity index (χ3n) is 2.35. The molecule has 7 nitrogen and oxygen atoms in total. The van der Waals surface area contributed by atoms with E-state index in [4.69, 9.17) is 14.3 Å². The van der Waals surface area contributed by atoms with Crippen LogP contribution >= 0.6 is 0 Å². The number of hydrogen-bond donors (Lipinski definition) is 1. The highest BCUT2D eigenvalue weighted by Crippen LogP contribution is 2.28. The SMILES string of the molecule is O=C(O)c1ccc([N+](=O)[O-])c(OCc2ccco2)c1. The van der Waals surface area contributed by atoms with E-state index in [1.807, 2.05) is 0 Å². The van der Waals surface area contributed by atoms with E-state index in [1.54, 1.807) is 12.1 Å². The maximum Gasteiger partial charge on any atom is 0.335 e. The monoisotopic (exact) mass is 263 g/mol. The number of ether oxygens (including phenoxy) is 1. The first kappa shape index (κ1) is 12.6. The van der Waals surface area contributed by atoms with Crippen molar-refractivity contribution in [1.82, 2.24) is 0 Å². The van der Waals surface area contributed by atoms with Gasteiger partial charge in [-0.25, -0.2) is 4.79 Å². The highest BCUT2D eigenvalue weighted by molar-refractivity contribution is 5.88. The van der Waals surface area contributed by atoms with Gasteiger partial charge in [-0.15, -0.1) is 0 Å². The van der Waals surface area contributed by atoms with Crippen molar-refractivity contribution in [2.24, 2.45) is 0 Å². The average molecular weight is 263 g/mol. The fraction of sp³-hybridized carbons (Fsp3) is 0.0833. The zero-order valence-electron chi connectivity index (χ0n) is 9.61. The molecule has 0 aliphatic rings. The van der Waals surface area contributed by atoms with Gasteiger partial charge >= 0.3 is 11.7 Å². The summed E-state index contributed by atoms with van der Waals surface area (Å²) >= 11 is 0. The summed E-state index contributed by atoms with van der Waals surface area (Å²) in [5, 5.41) is 19.7. The van der Waals surface area contributed by atoms with Crippen LogP contribution in [0, 0.1) is 10.1 Å². The summed E-state index contributed by atoms with van der Waals surface area (Å²) in [6, 6.07) is 6.66. The second kappa shape index (κ2) is 5.21. The lowest BCUT2D eigenvalue weighted by molar-refractivity contribution is -0.386. The van der Waals surface area contributed by atoms with Crippen LogP contribution in [0.1, 0.15) is 16.1 Å². The molecular weight excluding hydrogens is 254 g/mol. The number of nitrogens with zero attached hydrogens (tertiary/aromatic N) is 1. The van der Waals surface area contributed by atoms with Crippen molar-refractivity contribution in [3.63, 3.8) is 0 Å². The molecular formula is C12H9NO6. The topological polar surface area (TPSA) is 103 Å². The first-order chi connectivity index (χ1) is 9.08. The molecule has 2 rings (SSSR count). The Kier molecular flexibility index (Phi) is 3.46. The van der Waals surface area contributed by atoms with E-state index in [9.17, 15) is 14.9 Å². The van der Waals surface area contributed by atoms with Gasteiger partial charge < -0.3 is 14.3 Å². The molecule has 0 radical (unpaired) electrons. The largest absolute Gasteiger partial charge is 0.479 e. The first-order valence-electron chi connectivity index (χ1n) is 5.25. The fourth-order valence-corrected chi connectivity index (χ4v) is 1.46. The van der Waals surface area contributed by atoms with Crippen LogP contribution in [0.25, 0.3) is 0 Å². The van der Waals surface area contributed by atoms with Crippen LogP contribution in [0.4, 0.5) is 5.69 Å². The zero-order chi connectivity index (χ0) is 13.8. The van der Waals surface area contributed by atoms with Crippen LogP contribution in [0.2, 0.25) is 0 Å². The second-order valence-electron chi connectivity index (χ2n) is 3.61. The standard InChI is InChI=1S/C12H9NO6/c14-12(15)8-3-4-10(13(16)17)11(6-8)19-7-9-2-1-5-18-9/h1-6H,7H2,(H,14,15). The minimum absolute atomic E-state index is 0.0170. The highest BCUT2D eigenvalue weighted by atomic mass is 16.6. The normalized spacial score (nSPS) is 10.1. The molecule has 0 fully saturated rings. The zero-order valence-corrected chi connectivity index (χ0v) is 9.61. The van der Waals surface area contributed by atoms with E-state index in [0.717, 1.165) is 18.2 Å². The van der Waals surface area contributed by atoms with Crippen molar-refractivity contribution in [3.05, 3.63) is 58.0 Å². The molecule has 0 aliphatic carbocycles. The van der Waals surface area contributed by atoms with Crippen molar-refractivity contribution in [2.75, 3.05) is 0 Å². The number of aromatic carboxylic acids is 1. The molecule has 0 spiro atoms. The summed E-state index contributed by atoms with van der Waals surface area (Å²) in [4.78, 5) is 21.0. The average Bonchev–Trinajstić information content (AvgIpc) is 2.88. The maximum atomic E-state index is 10.8. The number of nitro groups is 1. The summed E-state index contributed by atoms with van der Waals surface area (Å²) in [7, 11) is 0. The molecule has 1 heterocycles. The van der Waals surface area contributed by atoms with Gasteiger partial charge in [0, 0.05) is 12.1 Å². The number of carbonyl (C=O) groups is 1. The Labute approximate surface area is 107 Å². The number of carboxylic acid groups (broad SMARTS) is 1. The number of carboxylic acids is 1. The lowest BCUT2D eigenvalue weighted by atomic mass is 10.2. The molecule has 98 valence electrons. The predicted molar refractivity (Wildman–Crippen MR) is 63.1 cm³/mol. The van der Waals surface area contributed by atoms with Crippen molar-refractivity contribution in [1.29, 1.82) is 0 Å². The van der Waals surface area contributed by atoms with Crippen LogP contribution in [-0.2, 0) is 6.61 Å². The van der Waals surface area contributed by atoms with E-state index in [1.165, 1.54) is 6.26 Å². The van der Waals surface area contributed by atoms with Gasteiger partial charge in [0.25, 0.3) is 0 Å². The number of nitro benzene ring substituents is 1. The van der Waals surface area contributed by atoms with Gasteiger partial charge in [0.15, 0.2) is 5.75 Å². The Morgan fingerprint density at radius 2 is 2.21 bits per heavy atom. The molecule has 2 aromatic rings. The van der Waals surface area contributed by atoms with Crippen LogP contribution in [0.3, 0.4) is 0 Å². The van der Waals surface area contributed by atoms with Crippen LogP contribution < -0.4 is 4.74 Å². The Morgan fingerprint density at radius 3 is 2.79 bits per heavy atom. The van der Waals surface area contributed by atoms with Gasteiger partial charge in [0.2, 0.25) is 0 Å². The summed E-state index contributed by atoms with van der Waals surface area (Å²) < 4.78 is 10.3. The maximum absolute atomic E-state index is 10.8. The predicted octanol–water partition coefficient (Wildman–Crippen LogP) is 2.47. The van der Waals surface area contributed by atoms with E-state index >= 15 is 0 Å². The molecule has 1 aromatic heterocycles. The molecule has 0 amide bonds. The number of benzene rings is 1. The quantitative estimate of drug-likeness (QED) is 0.656. The molecule has 0 unspecified atom stereocenters. The Balaban J connectivity index is 2.27. The second-order valence-corrected chi connectivity index (χ2v) is 3.61. The van der Waals surface area contributed by atoms with Gasteiger partial charge in [-0.3, -0.25) is 10.1 Å². The van der Waals surface area contributed by atoms with Crippen molar-refractivity contribution in [2.45, 2.75) is 6.61 Å². The number of rotatable bonds is 5. The van der Waals surface area contributed by atoms with Gasteiger partial charge in [-0.05, 0) is 18.2 Å². The Hall–Kier alpha value is -2.83. The van der Waals surface area contributed by atoms with Crippen LogP contribution in [-0.4, -0.2) is 16.0 Å². The van der Waals surface area contributed by atoms with E-state index in [0.29, 0.717) is 5.76 Å². The molecule has 0 bridgehead atoms. The molecule has 1 N–H and O–H groups in total. The van der Waals surface area contributed by atoms with E-state index in [-0.39, 0.29) is 23.6 Å². The molecule has 7 heteroatoms. The van der Waals surface area contributed by atoms with Crippen LogP contribution in [0.5, 0.6) is 5.75 Å². The molecule has 19 heavy (non-hydrogen) atoms. The number of hydrogen-bond acceptors (Lipinski definition) is 5. The van der Waals surface area contributed by atoms with E-state index < -0.39 is 10.9 Å². The summed E-state index contributed by atoms with van der Waals surface area (Å²) in [5.74, 6) is -0.811. The smallest absolute Gasteiger partial charge is 0.335 e. The minimum Gasteiger partial charge on any atom is -0.479 e. The van der Waals surface area contributed by atoms with Crippen molar-refractivity contribution < 1.29 is 24.0 Å². The van der Waals surface area contributed by atoms with Crippen molar-refractivity contribution >= 4 is 11.7 Å². The first-order valence-corrected chi connectivity index (χ1v) is 5.25. The lowest BCUT2D eigenvalue weighted by Gasteiger charge is -2.06.